The highest BCUT2D eigenvalue weighted by Gasteiger charge is 2.10. The minimum Gasteiger partial charge on any atom is -0.480 e. The summed E-state index contributed by atoms with van der Waals surface area (Å²) in [7, 11) is 1.50. The minimum atomic E-state index is -1.02. The van der Waals surface area contributed by atoms with Crippen molar-refractivity contribution in [2.45, 2.75) is 38.1 Å². The van der Waals surface area contributed by atoms with Gasteiger partial charge in [-0.15, -0.1) is 0 Å². The number of unbranched alkanes of at least 4 members (excludes halogenated alkanes) is 1. The third-order valence-electron chi connectivity index (χ3n) is 2.69. The van der Waals surface area contributed by atoms with Crippen LogP contribution in [-0.4, -0.2) is 55.9 Å². The van der Waals surface area contributed by atoms with E-state index in [2.05, 4.69) is 5.32 Å². The van der Waals surface area contributed by atoms with Crippen LogP contribution in [0.4, 0.5) is 0 Å². The van der Waals surface area contributed by atoms with Crippen molar-refractivity contribution in [3.05, 3.63) is 0 Å². The van der Waals surface area contributed by atoms with Crippen molar-refractivity contribution in [3.63, 3.8) is 0 Å². The third kappa shape index (κ3) is 11.8. The Bertz CT molecular complexity index is 335. The molecule has 0 aliphatic carbocycles. The van der Waals surface area contributed by atoms with Crippen molar-refractivity contribution in [2.75, 3.05) is 26.9 Å². The van der Waals surface area contributed by atoms with Gasteiger partial charge >= 0.3 is 11.9 Å². The van der Waals surface area contributed by atoms with E-state index in [-0.39, 0.29) is 25.4 Å². The molecule has 0 rings (SSSR count). The Hall–Kier alpha value is -1.67. The Labute approximate surface area is 124 Å². The van der Waals surface area contributed by atoms with Gasteiger partial charge in [-0.3, -0.25) is 14.4 Å². The number of nitrogens with one attached hydrogen (secondary N) is 1. The number of rotatable bonds is 12. The molecule has 4 N–H and O–H groups in total. The molecule has 0 aromatic rings. The van der Waals surface area contributed by atoms with Crippen LogP contribution in [0.3, 0.4) is 0 Å². The van der Waals surface area contributed by atoms with Gasteiger partial charge in [0.15, 0.2) is 0 Å². The van der Waals surface area contributed by atoms with E-state index < -0.39 is 18.0 Å². The van der Waals surface area contributed by atoms with E-state index >= 15 is 0 Å². The largest absolute Gasteiger partial charge is 0.480 e. The molecule has 0 heterocycles. The van der Waals surface area contributed by atoms with Crippen molar-refractivity contribution in [3.8, 4) is 0 Å². The van der Waals surface area contributed by atoms with Crippen LogP contribution in [0.25, 0.3) is 0 Å². The van der Waals surface area contributed by atoms with Gasteiger partial charge < -0.3 is 25.6 Å². The molecule has 0 aliphatic heterocycles. The van der Waals surface area contributed by atoms with E-state index in [1.165, 1.54) is 7.11 Å². The van der Waals surface area contributed by atoms with Crippen molar-refractivity contribution in [2.24, 2.45) is 5.73 Å². The van der Waals surface area contributed by atoms with Gasteiger partial charge in [0.2, 0.25) is 5.91 Å². The average Bonchev–Trinajstić information content (AvgIpc) is 2.44. The topological polar surface area (TPSA) is 128 Å². The first-order valence-corrected chi connectivity index (χ1v) is 6.87. The maximum atomic E-state index is 11.4. The second-order valence-corrected chi connectivity index (χ2v) is 4.50. The van der Waals surface area contributed by atoms with E-state index in [1.54, 1.807) is 0 Å². The van der Waals surface area contributed by atoms with Crippen LogP contribution in [0, 0.1) is 0 Å². The molecule has 21 heavy (non-hydrogen) atoms. The predicted molar refractivity (Wildman–Crippen MR) is 74.5 cm³/mol. The van der Waals surface area contributed by atoms with Gasteiger partial charge in [0.1, 0.15) is 12.6 Å². The van der Waals surface area contributed by atoms with Crippen LogP contribution in [0.5, 0.6) is 0 Å². The summed E-state index contributed by atoms with van der Waals surface area (Å²) in [5.41, 5.74) is 5.34. The molecule has 8 nitrogen and oxygen atoms in total. The molecule has 0 saturated heterocycles. The molecule has 122 valence electrons. The second-order valence-electron chi connectivity index (χ2n) is 4.50. The standard InChI is InChI=1S/C13H24N2O6/c1-20-8-9-21-12(17)6-5-11(16)15-7-3-2-4-10(14)13(18)19/h10H,2-9,14H2,1H3,(H,15,16)(H,18,19). The Morgan fingerprint density at radius 2 is 1.90 bits per heavy atom. The molecule has 0 bridgehead atoms. The molecule has 0 aromatic heterocycles. The number of carbonyl (C=O) groups is 3. The Kier molecular flexibility index (Phi) is 11.1. The molecular weight excluding hydrogens is 280 g/mol. The SMILES string of the molecule is COCCOC(=O)CCC(=O)NCCCCC(N)C(=O)O. The predicted octanol–water partition coefficient (Wildman–Crippen LogP) is -0.345. The lowest BCUT2D eigenvalue weighted by atomic mass is 10.1. The van der Waals surface area contributed by atoms with E-state index in [0.717, 1.165) is 0 Å². The van der Waals surface area contributed by atoms with Gasteiger partial charge in [0, 0.05) is 20.1 Å². The third-order valence-corrected chi connectivity index (χ3v) is 2.69. The molecular formula is C13H24N2O6. The summed E-state index contributed by atoms with van der Waals surface area (Å²) in [4.78, 5) is 33.1. The number of hydrogen-bond donors (Lipinski definition) is 3. The number of ether oxygens (including phenoxy) is 2. The second kappa shape index (κ2) is 12.1. The molecule has 0 radical (unpaired) electrons. The number of nitrogens with two attached hydrogens (primary N) is 1. The van der Waals surface area contributed by atoms with Gasteiger partial charge in [-0.2, -0.15) is 0 Å². The lowest BCUT2D eigenvalue weighted by Gasteiger charge is -2.07. The first-order chi connectivity index (χ1) is 9.97. The van der Waals surface area contributed by atoms with Crippen molar-refractivity contribution in [1.29, 1.82) is 0 Å². The summed E-state index contributed by atoms with van der Waals surface area (Å²) in [5, 5.41) is 11.2. The van der Waals surface area contributed by atoms with Crippen molar-refractivity contribution < 1.29 is 29.0 Å². The van der Waals surface area contributed by atoms with Crippen LogP contribution in [-0.2, 0) is 23.9 Å². The van der Waals surface area contributed by atoms with E-state index in [9.17, 15) is 14.4 Å². The summed E-state index contributed by atoms with van der Waals surface area (Å²) in [6, 6.07) is -0.859. The highest BCUT2D eigenvalue weighted by molar-refractivity contribution is 5.81. The monoisotopic (exact) mass is 304 g/mol. The fourth-order valence-corrected chi connectivity index (χ4v) is 1.46. The normalized spacial score (nSPS) is 11.7. The molecule has 8 heteroatoms. The molecule has 0 aromatic carbocycles. The summed E-state index contributed by atoms with van der Waals surface area (Å²) in [6.07, 6.45) is 1.73. The molecule has 0 aliphatic rings. The Balaban J connectivity index is 3.50. The van der Waals surface area contributed by atoms with Crippen LogP contribution in [0.1, 0.15) is 32.1 Å². The number of carboxylic acid groups (broad SMARTS) is 1. The van der Waals surface area contributed by atoms with Gasteiger partial charge in [0.05, 0.1) is 13.0 Å². The Morgan fingerprint density at radius 1 is 1.19 bits per heavy atom. The molecule has 1 amide bonds. The first-order valence-electron chi connectivity index (χ1n) is 6.87. The molecule has 0 fully saturated rings. The maximum Gasteiger partial charge on any atom is 0.320 e. The Morgan fingerprint density at radius 3 is 2.52 bits per heavy atom. The lowest BCUT2D eigenvalue weighted by molar-refractivity contribution is -0.146. The van der Waals surface area contributed by atoms with Crippen LogP contribution < -0.4 is 11.1 Å². The zero-order valence-corrected chi connectivity index (χ0v) is 12.3. The van der Waals surface area contributed by atoms with E-state index in [0.29, 0.717) is 32.4 Å². The number of aliphatic carboxylic acids is 1. The van der Waals surface area contributed by atoms with E-state index in [4.69, 9.17) is 20.3 Å². The molecule has 1 atom stereocenters. The summed E-state index contributed by atoms with van der Waals surface area (Å²) >= 11 is 0. The van der Waals surface area contributed by atoms with Gasteiger partial charge in [-0.05, 0) is 19.3 Å². The van der Waals surface area contributed by atoms with Crippen molar-refractivity contribution >= 4 is 17.8 Å². The number of amides is 1. The summed E-state index contributed by atoms with van der Waals surface area (Å²) in [6.45, 7) is 0.946. The molecule has 0 spiro atoms. The number of esters is 1. The zero-order valence-electron chi connectivity index (χ0n) is 12.3. The van der Waals surface area contributed by atoms with Gasteiger partial charge in [-0.25, -0.2) is 0 Å². The lowest BCUT2D eigenvalue weighted by Crippen LogP contribution is -2.30. The fourth-order valence-electron chi connectivity index (χ4n) is 1.46. The van der Waals surface area contributed by atoms with Crippen LogP contribution in [0.2, 0.25) is 0 Å². The van der Waals surface area contributed by atoms with Crippen molar-refractivity contribution in [1.82, 2.24) is 5.32 Å². The van der Waals surface area contributed by atoms with Gasteiger partial charge in [0.25, 0.3) is 0 Å². The van der Waals surface area contributed by atoms with Gasteiger partial charge in [-0.1, -0.05) is 0 Å². The highest BCUT2D eigenvalue weighted by atomic mass is 16.6. The summed E-state index contributed by atoms with van der Waals surface area (Å²) in [5.74, 6) is -1.69. The number of methoxy groups -OCH3 is 1. The average molecular weight is 304 g/mol. The van der Waals surface area contributed by atoms with Crippen LogP contribution in [0.15, 0.2) is 0 Å². The van der Waals surface area contributed by atoms with Crippen LogP contribution >= 0.6 is 0 Å². The quantitative estimate of drug-likeness (QED) is 0.332. The number of hydrogen-bond acceptors (Lipinski definition) is 6. The fraction of sp³-hybridized carbons (Fsp3) is 0.769. The smallest absolute Gasteiger partial charge is 0.320 e. The minimum absolute atomic E-state index is 0.0272. The highest BCUT2D eigenvalue weighted by Crippen LogP contribution is 1.99. The zero-order chi connectivity index (χ0) is 16.1. The number of carbonyl (C=O) groups excluding carboxylic acids is 2. The summed E-state index contributed by atoms with van der Waals surface area (Å²) < 4.78 is 9.53. The first kappa shape index (κ1) is 19.3. The number of carboxylic acids is 1. The van der Waals surface area contributed by atoms with E-state index in [1.807, 2.05) is 0 Å². The molecule has 1 unspecified atom stereocenters. The maximum absolute atomic E-state index is 11.4. The molecule has 0 saturated carbocycles.